The fourth-order valence-electron chi connectivity index (χ4n) is 3.25. The average Bonchev–Trinajstić information content (AvgIpc) is 3.37. The van der Waals surface area contributed by atoms with E-state index in [2.05, 4.69) is 4.98 Å². The summed E-state index contributed by atoms with van der Waals surface area (Å²) in [6, 6.07) is 19.3. The molecule has 0 bridgehead atoms. The first-order valence-electron chi connectivity index (χ1n) is 9.53. The average molecular weight is 403 g/mol. The lowest BCUT2D eigenvalue weighted by atomic mass is 10.1. The van der Waals surface area contributed by atoms with Crippen LogP contribution in [0.5, 0.6) is 23.0 Å². The first-order chi connectivity index (χ1) is 14.6. The largest absolute Gasteiger partial charge is 0.457 e. The van der Waals surface area contributed by atoms with Gasteiger partial charge in [0.2, 0.25) is 12.7 Å². The van der Waals surface area contributed by atoms with Crippen molar-refractivity contribution in [3.63, 3.8) is 0 Å². The Kier molecular flexibility index (Phi) is 4.59. The summed E-state index contributed by atoms with van der Waals surface area (Å²) in [5.74, 6) is 3.73. The van der Waals surface area contributed by atoms with Crippen LogP contribution in [0.2, 0.25) is 0 Å². The van der Waals surface area contributed by atoms with Gasteiger partial charge in [0.15, 0.2) is 11.5 Å². The number of ether oxygens (including phenoxy) is 3. The second kappa shape index (κ2) is 7.55. The second-order valence-corrected chi connectivity index (χ2v) is 6.97. The van der Waals surface area contributed by atoms with Crippen molar-refractivity contribution in [3.8, 4) is 34.5 Å². The molecule has 30 heavy (non-hydrogen) atoms. The summed E-state index contributed by atoms with van der Waals surface area (Å²) in [6.07, 6.45) is 0.636. The summed E-state index contributed by atoms with van der Waals surface area (Å²) in [6.45, 7) is 2.14. The van der Waals surface area contributed by atoms with E-state index >= 15 is 0 Å². The maximum atomic E-state index is 13.0. The third-order valence-electron chi connectivity index (χ3n) is 4.86. The van der Waals surface area contributed by atoms with Crippen molar-refractivity contribution in [2.75, 3.05) is 6.79 Å². The third kappa shape index (κ3) is 3.72. The van der Waals surface area contributed by atoms with E-state index in [4.69, 9.17) is 18.6 Å². The molecule has 1 aromatic heterocycles. The van der Waals surface area contributed by atoms with Crippen LogP contribution in [-0.4, -0.2) is 11.8 Å². The predicted molar refractivity (Wildman–Crippen MR) is 109 cm³/mol. The lowest BCUT2D eigenvalue weighted by molar-refractivity contribution is 0.174. The van der Waals surface area contributed by atoms with Gasteiger partial charge in [0.05, 0.1) is 5.69 Å². The van der Waals surface area contributed by atoms with Gasteiger partial charge in [-0.2, -0.15) is 0 Å². The fourth-order valence-corrected chi connectivity index (χ4v) is 3.25. The SMILES string of the molecule is Cc1oc(-c2ccc3c(c2)OCO3)nc1Cc1ccc(Oc2ccc(F)cc2)cc1. The standard InChI is InChI=1S/C24H18FNO4/c1-15-21(26-24(29-15)17-4-11-22-23(13-17)28-14-27-22)12-16-2-7-19(8-3-16)30-20-9-5-18(25)6-10-20/h2-11,13H,12,14H2,1H3. The van der Waals surface area contributed by atoms with Crippen molar-refractivity contribution < 1.29 is 23.0 Å². The number of nitrogens with zero attached hydrogens (tertiary/aromatic N) is 1. The number of oxazole rings is 1. The summed E-state index contributed by atoms with van der Waals surface area (Å²) in [7, 11) is 0. The molecule has 0 amide bonds. The highest BCUT2D eigenvalue weighted by molar-refractivity contribution is 5.61. The van der Waals surface area contributed by atoms with E-state index in [-0.39, 0.29) is 12.6 Å². The molecule has 0 radical (unpaired) electrons. The molecule has 0 saturated carbocycles. The van der Waals surface area contributed by atoms with Crippen molar-refractivity contribution in [1.29, 1.82) is 0 Å². The number of aromatic nitrogens is 1. The lowest BCUT2D eigenvalue weighted by Gasteiger charge is -2.06. The summed E-state index contributed by atoms with van der Waals surface area (Å²) in [5, 5.41) is 0. The molecular weight excluding hydrogens is 385 g/mol. The van der Waals surface area contributed by atoms with Crippen molar-refractivity contribution in [3.05, 3.63) is 89.6 Å². The van der Waals surface area contributed by atoms with E-state index in [0.29, 0.717) is 29.6 Å². The predicted octanol–water partition coefficient (Wildman–Crippen LogP) is 5.90. The normalized spacial score (nSPS) is 12.2. The molecular formula is C24H18FNO4. The third-order valence-corrected chi connectivity index (χ3v) is 4.86. The van der Waals surface area contributed by atoms with E-state index in [1.54, 1.807) is 12.1 Å². The Morgan fingerprint density at radius 3 is 2.37 bits per heavy atom. The molecule has 6 heteroatoms. The summed E-state index contributed by atoms with van der Waals surface area (Å²) >= 11 is 0. The molecule has 0 unspecified atom stereocenters. The molecule has 0 aliphatic carbocycles. The molecule has 0 N–H and O–H groups in total. The van der Waals surface area contributed by atoms with Crippen LogP contribution in [0, 0.1) is 12.7 Å². The van der Waals surface area contributed by atoms with Crippen LogP contribution < -0.4 is 14.2 Å². The minimum atomic E-state index is -0.291. The molecule has 1 aliphatic rings. The molecule has 150 valence electrons. The molecule has 1 aliphatic heterocycles. The van der Waals surface area contributed by atoms with Gasteiger partial charge >= 0.3 is 0 Å². The van der Waals surface area contributed by atoms with Crippen LogP contribution in [0.15, 0.2) is 71.1 Å². The molecule has 0 atom stereocenters. The maximum Gasteiger partial charge on any atom is 0.231 e. The van der Waals surface area contributed by atoms with Crippen molar-refractivity contribution in [2.24, 2.45) is 0 Å². The molecule has 5 nitrogen and oxygen atoms in total. The molecule has 0 spiro atoms. The van der Waals surface area contributed by atoms with E-state index < -0.39 is 0 Å². The number of fused-ring (bicyclic) bond motifs is 1. The minimum Gasteiger partial charge on any atom is -0.457 e. The lowest BCUT2D eigenvalue weighted by Crippen LogP contribution is -1.92. The highest BCUT2D eigenvalue weighted by atomic mass is 19.1. The zero-order valence-corrected chi connectivity index (χ0v) is 16.2. The molecule has 0 fully saturated rings. The monoisotopic (exact) mass is 403 g/mol. The summed E-state index contributed by atoms with van der Waals surface area (Å²) in [5.41, 5.74) is 2.79. The number of halogens is 1. The van der Waals surface area contributed by atoms with E-state index in [0.717, 1.165) is 28.3 Å². The fraction of sp³-hybridized carbons (Fsp3) is 0.125. The van der Waals surface area contributed by atoms with Gasteiger partial charge in [0, 0.05) is 12.0 Å². The Morgan fingerprint density at radius 2 is 1.60 bits per heavy atom. The Balaban J connectivity index is 1.30. The Bertz CT molecular complexity index is 1180. The van der Waals surface area contributed by atoms with Crippen molar-refractivity contribution in [1.82, 2.24) is 4.98 Å². The van der Waals surface area contributed by atoms with Crippen molar-refractivity contribution >= 4 is 0 Å². The van der Waals surface area contributed by atoms with Gasteiger partial charge in [0.25, 0.3) is 0 Å². The van der Waals surface area contributed by atoms with E-state index in [1.165, 1.54) is 12.1 Å². The molecule has 3 aromatic carbocycles. The van der Waals surface area contributed by atoms with Crippen LogP contribution in [0.25, 0.3) is 11.5 Å². The highest BCUT2D eigenvalue weighted by Crippen LogP contribution is 2.36. The van der Waals surface area contributed by atoms with Gasteiger partial charge in [-0.05, 0) is 67.1 Å². The van der Waals surface area contributed by atoms with Crippen LogP contribution in [0.4, 0.5) is 4.39 Å². The zero-order valence-electron chi connectivity index (χ0n) is 16.2. The van der Waals surface area contributed by atoms with E-state index in [1.807, 2.05) is 49.4 Å². The van der Waals surface area contributed by atoms with Gasteiger partial charge in [-0.1, -0.05) is 12.1 Å². The quantitative estimate of drug-likeness (QED) is 0.415. The van der Waals surface area contributed by atoms with Gasteiger partial charge in [-0.3, -0.25) is 0 Å². The smallest absolute Gasteiger partial charge is 0.231 e. The van der Waals surface area contributed by atoms with Gasteiger partial charge in [-0.25, -0.2) is 9.37 Å². The van der Waals surface area contributed by atoms with Gasteiger partial charge in [-0.15, -0.1) is 0 Å². The van der Waals surface area contributed by atoms with Crippen LogP contribution >= 0.6 is 0 Å². The number of hydrogen-bond donors (Lipinski definition) is 0. The van der Waals surface area contributed by atoms with E-state index in [9.17, 15) is 4.39 Å². The topological polar surface area (TPSA) is 53.7 Å². The number of benzene rings is 3. The van der Waals surface area contributed by atoms with Crippen LogP contribution in [0.1, 0.15) is 17.0 Å². The zero-order chi connectivity index (χ0) is 20.5. The summed E-state index contributed by atoms with van der Waals surface area (Å²) < 4.78 is 35.4. The van der Waals surface area contributed by atoms with Gasteiger partial charge in [0.1, 0.15) is 23.1 Å². The molecule has 5 rings (SSSR count). The van der Waals surface area contributed by atoms with Crippen LogP contribution in [0.3, 0.4) is 0 Å². The van der Waals surface area contributed by atoms with Crippen LogP contribution in [-0.2, 0) is 6.42 Å². The Labute approximate surface area is 172 Å². The maximum absolute atomic E-state index is 13.0. The van der Waals surface area contributed by atoms with Crippen molar-refractivity contribution in [2.45, 2.75) is 13.3 Å². The number of hydrogen-bond acceptors (Lipinski definition) is 5. The molecule has 4 aromatic rings. The highest BCUT2D eigenvalue weighted by Gasteiger charge is 2.17. The first kappa shape index (κ1) is 18.2. The van der Waals surface area contributed by atoms with Gasteiger partial charge < -0.3 is 18.6 Å². The number of aryl methyl sites for hydroxylation is 1. The number of rotatable bonds is 5. The second-order valence-electron chi connectivity index (χ2n) is 6.97. The Hall–Kier alpha value is -3.80. The molecule has 0 saturated heterocycles. The molecule has 2 heterocycles. The first-order valence-corrected chi connectivity index (χ1v) is 9.53. The Morgan fingerprint density at radius 1 is 0.900 bits per heavy atom. The minimum absolute atomic E-state index is 0.232. The summed E-state index contributed by atoms with van der Waals surface area (Å²) in [4.78, 5) is 4.67.